The number of amides is 1. The highest BCUT2D eigenvalue weighted by Crippen LogP contribution is 1.90. The Bertz CT molecular complexity index is 114. The molecule has 0 saturated carbocycles. The van der Waals surface area contributed by atoms with Gasteiger partial charge in [-0.25, -0.2) is 0 Å². The normalized spacial score (nSPS) is 7.88. The van der Waals surface area contributed by atoms with Crippen LogP contribution < -0.4 is 5.73 Å². The monoisotopic (exact) mass is 112 g/mol. The zero-order valence-corrected chi connectivity index (χ0v) is 4.55. The topological polar surface area (TPSA) is 66.9 Å². The summed E-state index contributed by atoms with van der Waals surface area (Å²) in [5.74, 6) is -0.333. The highest BCUT2D eigenvalue weighted by atomic mass is 16.1. The molecule has 0 aromatic heterocycles. The molecule has 44 valence electrons. The molecule has 0 spiro atoms. The van der Waals surface area contributed by atoms with Crippen molar-refractivity contribution in [2.24, 2.45) is 5.73 Å². The Hall–Kier alpha value is -1.04. The second-order valence-corrected chi connectivity index (χ2v) is 1.48. The fourth-order valence-electron chi connectivity index (χ4n) is 0.342. The first-order chi connectivity index (χ1) is 3.77. The van der Waals surface area contributed by atoms with E-state index in [1.54, 1.807) is 0 Å². The molecule has 0 aliphatic heterocycles. The standard InChI is InChI=1S/C5H8N2O/c6-4-2-1-3-5(7)8/h1-3H2,(H2,7,8). The lowest BCUT2D eigenvalue weighted by Crippen LogP contribution is -2.09. The number of carbonyl (C=O) groups excluding carboxylic acids is 1. The average molecular weight is 112 g/mol. The van der Waals surface area contributed by atoms with E-state index in [0.29, 0.717) is 19.3 Å². The summed E-state index contributed by atoms with van der Waals surface area (Å²) >= 11 is 0. The maximum absolute atomic E-state index is 9.99. The van der Waals surface area contributed by atoms with E-state index in [1.165, 1.54) is 0 Å². The van der Waals surface area contributed by atoms with Crippen LogP contribution in [0.2, 0.25) is 0 Å². The van der Waals surface area contributed by atoms with E-state index in [2.05, 4.69) is 0 Å². The second kappa shape index (κ2) is 4.13. The van der Waals surface area contributed by atoms with Crippen LogP contribution in [0.3, 0.4) is 0 Å². The maximum atomic E-state index is 9.99. The molecule has 0 heterocycles. The number of nitrogens with two attached hydrogens (primary N) is 1. The summed E-state index contributed by atoms with van der Waals surface area (Å²) in [5.41, 5.74) is 4.78. The summed E-state index contributed by atoms with van der Waals surface area (Å²) in [5, 5.41) is 7.98. The van der Waals surface area contributed by atoms with Crippen molar-refractivity contribution in [3.63, 3.8) is 0 Å². The van der Waals surface area contributed by atoms with Gasteiger partial charge in [0.2, 0.25) is 5.91 Å². The molecule has 3 heteroatoms. The molecule has 0 aromatic rings. The number of primary amides is 1. The predicted molar refractivity (Wildman–Crippen MR) is 28.7 cm³/mol. The van der Waals surface area contributed by atoms with Gasteiger partial charge in [0.1, 0.15) is 0 Å². The molecule has 8 heavy (non-hydrogen) atoms. The highest BCUT2D eigenvalue weighted by Gasteiger charge is 1.90. The molecule has 0 aromatic carbocycles. The van der Waals surface area contributed by atoms with Crippen LogP contribution in [0.5, 0.6) is 0 Å². The van der Waals surface area contributed by atoms with Crippen LogP contribution in [0.4, 0.5) is 0 Å². The molecule has 3 nitrogen and oxygen atoms in total. The minimum absolute atomic E-state index is 0.327. The van der Waals surface area contributed by atoms with Crippen molar-refractivity contribution in [1.82, 2.24) is 0 Å². The Balaban J connectivity index is 2.97. The zero-order valence-electron chi connectivity index (χ0n) is 4.55. The quantitative estimate of drug-likeness (QED) is 0.528. The lowest BCUT2D eigenvalue weighted by Gasteiger charge is -1.85. The van der Waals surface area contributed by atoms with Crippen molar-refractivity contribution in [1.29, 1.82) is 5.26 Å². The highest BCUT2D eigenvalue weighted by molar-refractivity contribution is 5.73. The number of nitrogens with zero attached hydrogens (tertiary/aromatic N) is 1. The number of hydrogen-bond acceptors (Lipinski definition) is 2. The van der Waals surface area contributed by atoms with Gasteiger partial charge in [-0.15, -0.1) is 0 Å². The lowest BCUT2D eigenvalue weighted by molar-refractivity contribution is -0.118. The van der Waals surface area contributed by atoms with E-state index in [0.717, 1.165) is 0 Å². The molecule has 1 amide bonds. The molecule has 0 aliphatic rings. The fourth-order valence-corrected chi connectivity index (χ4v) is 0.342. The summed E-state index contributed by atoms with van der Waals surface area (Å²) in [6.45, 7) is 0. The minimum Gasteiger partial charge on any atom is -0.370 e. The molecule has 0 fully saturated rings. The number of nitriles is 1. The number of rotatable bonds is 3. The summed E-state index contributed by atoms with van der Waals surface area (Å²) in [4.78, 5) is 9.99. The molecule has 0 atom stereocenters. The minimum atomic E-state index is -0.333. The van der Waals surface area contributed by atoms with Crippen LogP contribution in [-0.2, 0) is 4.79 Å². The second-order valence-electron chi connectivity index (χ2n) is 1.48. The van der Waals surface area contributed by atoms with Gasteiger partial charge in [0, 0.05) is 12.8 Å². The van der Waals surface area contributed by atoms with Gasteiger partial charge in [0.25, 0.3) is 0 Å². The van der Waals surface area contributed by atoms with Gasteiger partial charge in [0.15, 0.2) is 0 Å². The van der Waals surface area contributed by atoms with Crippen LogP contribution >= 0.6 is 0 Å². The summed E-state index contributed by atoms with van der Waals surface area (Å²) in [6, 6.07) is 1.92. The van der Waals surface area contributed by atoms with Crippen LogP contribution in [-0.4, -0.2) is 5.91 Å². The SMILES string of the molecule is N#CCCCC(N)=O. The van der Waals surface area contributed by atoms with Crippen LogP contribution in [0.25, 0.3) is 0 Å². The Kier molecular flexibility index (Phi) is 3.59. The largest absolute Gasteiger partial charge is 0.370 e. The number of carbonyl (C=O) groups is 1. The first-order valence-corrected chi connectivity index (χ1v) is 2.42. The molecule has 0 bridgehead atoms. The summed E-state index contributed by atoms with van der Waals surface area (Å²) in [7, 11) is 0. The Morgan fingerprint density at radius 2 is 2.38 bits per heavy atom. The third kappa shape index (κ3) is 4.96. The van der Waals surface area contributed by atoms with Crippen LogP contribution in [0.1, 0.15) is 19.3 Å². The van der Waals surface area contributed by atoms with Crippen molar-refractivity contribution in [2.75, 3.05) is 0 Å². The summed E-state index contributed by atoms with van der Waals surface area (Å²) < 4.78 is 0. The molecule has 0 aliphatic carbocycles. The lowest BCUT2D eigenvalue weighted by atomic mass is 10.2. The van der Waals surface area contributed by atoms with Crippen molar-refractivity contribution in [2.45, 2.75) is 19.3 Å². The first-order valence-electron chi connectivity index (χ1n) is 2.42. The van der Waals surface area contributed by atoms with Gasteiger partial charge in [-0.2, -0.15) is 5.26 Å². The van der Waals surface area contributed by atoms with Crippen LogP contribution in [0, 0.1) is 11.3 Å². The van der Waals surface area contributed by atoms with Crippen molar-refractivity contribution in [3.8, 4) is 6.07 Å². The van der Waals surface area contributed by atoms with Crippen molar-refractivity contribution >= 4 is 5.91 Å². The Morgan fingerprint density at radius 3 is 2.75 bits per heavy atom. The van der Waals surface area contributed by atoms with Gasteiger partial charge in [-0.3, -0.25) is 4.79 Å². The molecule has 0 unspecified atom stereocenters. The molecule has 0 saturated heterocycles. The van der Waals surface area contributed by atoms with Gasteiger partial charge >= 0.3 is 0 Å². The van der Waals surface area contributed by atoms with E-state index in [1.807, 2.05) is 6.07 Å². The number of unbranched alkanes of at least 4 members (excludes halogenated alkanes) is 1. The molecule has 0 rings (SSSR count). The molecule has 0 radical (unpaired) electrons. The predicted octanol–water partition coefficient (Wildman–Crippen LogP) is 0.166. The maximum Gasteiger partial charge on any atom is 0.217 e. The number of hydrogen-bond donors (Lipinski definition) is 1. The summed E-state index contributed by atoms with van der Waals surface area (Å²) in [6.07, 6.45) is 1.34. The Morgan fingerprint density at radius 1 is 1.75 bits per heavy atom. The zero-order chi connectivity index (χ0) is 6.41. The van der Waals surface area contributed by atoms with Gasteiger partial charge in [0.05, 0.1) is 6.07 Å². The fraction of sp³-hybridized carbons (Fsp3) is 0.600. The molecular weight excluding hydrogens is 104 g/mol. The van der Waals surface area contributed by atoms with Gasteiger partial charge < -0.3 is 5.73 Å². The van der Waals surface area contributed by atoms with E-state index < -0.39 is 0 Å². The smallest absolute Gasteiger partial charge is 0.217 e. The van der Waals surface area contributed by atoms with E-state index in [9.17, 15) is 4.79 Å². The first kappa shape index (κ1) is 6.96. The molecule has 2 N–H and O–H groups in total. The van der Waals surface area contributed by atoms with E-state index >= 15 is 0 Å². The average Bonchev–Trinajstić information content (AvgIpc) is 1.66. The van der Waals surface area contributed by atoms with E-state index in [-0.39, 0.29) is 5.91 Å². The van der Waals surface area contributed by atoms with Crippen molar-refractivity contribution < 1.29 is 4.79 Å². The van der Waals surface area contributed by atoms with E-state index in [4.69, 9.17) is 11.0 Å². The van der Waals surface area contributed by atoms with Crippen molar-refractivity contribution in [3.05, 3.63) is 0 Å². The van der Waals surface area contributed by atoms with Gasteiger partial charge in [-0.1, -0.05) is 0 Å². The molecular formula is C5H8N2O. The third-order valence-corrected chi connectivity index (χ3v) is 0.712. The van der Waals surface area contributed by atoms with Crippen LogP contribution in [0.15, 0.2) is 0 Å². The Labute approximate surface area is 48.1 Å². The third-order valence-electron chi connectivity index (χ3n) is 0.712. The van der Waals surface area contributed by atoms with Gasteiger partial charge in [-0.05, 0) is 6.42 Å².